The lowest BCUT2D eigenvalue weighted by molar-refractivity contribution is 0.118. The van der Waals surface area contributed by atoms with E-state index in [-0.39, 0.29) is 18.0 Å². The van der Waals surface area contributed by atoms with Gasteiger partial charge in [-0.15, -0.1) is 0 Å². The Bertz CT molecular complexity index is 731. The summed E-state index contributed by atoms with van der Waals surface area (Å²) in [7, 11) is 1.68. The number of aromatic amines is 1. The van der Waals surface area contributed by atoms with E-state index >= 15 is 0 Å². The van der Waals surface area contributed by atoms with E-state index in [1.807, 2.05) is 11.8 Å². The van der Waals surface area contributed by atoms with Crippen molar-refractivity contribution < 1.29 is 9.13 Å². The minimum atomic E-state index is -0.358. The quantitative estimate of drug-likeness (QED) is 0.903. The summed E-state index contributed by atoms with van der Waals surface area (Å²) in [5.74, 6) is 2.06. The second-order valence-electron chi connectivity index (χ2n) is 6.43. The summed E-state index contributed by atoms with van der Waals surface area (Å²) in [6.07, 6.45) is 4.97. The van der Waals surface area contributed by atoms with Crippen molar-refractivity contribution in [2.24, 2.45) is 0 Å². The molecule has 8 heteroatoms. The molecule has 1 N–H and O–H groups in total. The molecule has 2 aromatic heterocycles. The number of ether oxygens (including phenoxy) is 1. The lowest BCUT2D eigenvalue weighted by Gasteiger charge is -2.24. The van der Waals surface area contributed by atoms with Crippen molar-refractivity contribution in [1.82, 2.24) is 25.1 Å². The molecule has 128 valence electrons. The third-order valence-corrected chi connectivity index (χ3v) is 4.82. The molecule has 0 unspecified atom stereocenters. The summed E-state index contributed by atoms with van der Waals surface area (Å²) >= 11 is 0. The maximum absolute atomic E-state index is 14.7. The normalized spacial score (nSPS) is 23.9. The van der Waals surface area contributed by atoms with Gasteiger partial charge in [0.1, 0.15) is 12.2 Å². The van der Waals surface area contributed by atoms with Gasteiger partial charge in [-0.1, -0.05) is 6.92 Å². The fourth-order valence-electron chi connectivity index (χ4n) is 3.26. The van der Waals surface area contributed by atoms with Crippen LogP contribution in [0.3, 0.4) is 0 Å². The van der Waals surface area contributed by atoms with Gasteiger partial charge in [-0.05, 0) is 19.3 Å². The molecule has 1 aliphatic heterocycles. The van der Waals surface area contributed by atoms with Crippen LogP contribution in [0.15, 0.2) is 6.33 Å². The van der Waals surface area contributed by atoms with Crippen LogP contribution < -0.4 is 4.90 Å². The van der Waals surface area contributed by atoms with Crippen LogP contribution in [0.5, 0.6) is 0 Å². The van der Waals surface area contributed by atoms with Crippen LogP contribution in [0, 0.1) is 5.82 Å². The molecular formula is C16H21FN6O. The Morgan fingerprint density at radius 2 is 2.21 bits per heavy atom. The summed E-state index contributed by atoms with van der Waals surface area (Å²) < 4.78 is 20.2. The van der Waals surface area contributed by atoms with Crippen LogP contribution in [0.25, 0.3) is 0 Å². The summed E-state index contributed by atoms with van der Waals surface area (Å²) in [6, 6.07) is -0.121. The molecule has 7 nitrogen and oxygen atoms in total. The largest absolute Gasteiger partial charge is 0.380 e. The van der Waals surface area contributed by atoms with E-state index < -0.39 is 0 Å². The van der Waals surface area contributed by atoms with Gasteiger partial charge in [0.15, 0.2) is 17.5 Å². The zero-order valence-electron chi connectivity index (χ0n) is 13.9. The topological polar surface area (TPSA) is 79.8 Å². The Labute approximate surface area is 139 Å². The number of nitrogens with zero attached hydrogens (tertiary/aromatic N) is 5. The number of methoxy groups -OCH3 is 1. The zero-order valence-corrected chi connectivity index (χ0v) is 13.9. The van der Waals surface area contributed by atoms with Gasteiger partial charge in [0, 0.05) is 26.0 Å². The van der Waals surface area contributed by atoms with E-state index in [9.17, 15) is 4.39 Å². The van der Waals surface area contributed by atoms with Crippen molar-refractivity contribution in [3.8, 4) is 0 Å². The van der Waals surface area contributed by atoms with Gasteiger partial charge < -0.3 is 9.64 Å². The Morgan fingerprint density at radius 1 is 1.38 bits per heavy atom. The van der Waals surface area contributed by atoms with Crippen LogP contribution in [0.2, 0.25) is 0 Å². The average molecular weight is 332 g/mol. The van der Waals surface area contributed by atoms with Crippen LogP contribution >= 0.6 is 0 Å². The van der Waals surface area contributed by atoms with Crippen LogP contribution in [-0.2, 0) is 11.2 Å². The number of anilines is 1. The molecule has 3 heterocycles. The fourth-order valence-corrected chi connectivity index (χ4v) is 3.26. The van der Waals surface area contributed by atoms with Crippen molar-refractivity contribution in [3.05, 3.63) is 29.5 Å². The van der Waals surface area contributed by atoms with Crippen molar-refractivity contribution >= 4 is 5.82 Å². The molecule has 0 spiro atoms. The third-order valence-electron chi connectivity index (χ3n) is 4.82. The van der Waals surface area contributed by atoms with E-state index in [4.69, 9.17) is 4.74 Å². The highest BCUT2D eigenvalue weighted by molar-refractivity contribution is 5.45. The van der Waals surface area contributed by atoms with E-state index in [2.05, 4.69) is 25.1 Å². The van der Waals surface area contributed by atoms with Crippen LogP contribution in [-0.4, -0.2) is 44.9 Å². The van der Waals surface area contributed by atoms with E-state index in [1.54, 1.807) is 7.11 Å². The van der Waals surface area contributed by atoms with Gasteiger partial charge in [-0.2, -0.15) is 5.10 Å². The summed E-state index contributed by atoms with van der Waals surface area (Å²) in [5, 5.41) is 7.37. The molecule has 2 aromatic rings. The van der Waals surface area contributed by atoms with E-state index in [1.165, 1.54) is 6.33 Å². The van der Waals surface area contributed by atoms with Gasteiger partial charge >= 0.3 is 0 Å². The molecule has 2 aliphatic rings. The lowest BCUT2D eigenvalue weighted by Crippen LogP contribution is -2.28. The number of halogens is 1. The van der Waals surface area contributed by atoms with Crippen LogP contribution in [0.1, 0.15) is 55.5 Å². The van der Waals surface area contributed by atoms with Crippen molar-refractivity contribution in [2.45, 2.75) is 50.7 Å². The molecule has 1 saturated heterocycles. The Hall–Kier alpha value is -2.09. The maximum atomic E-state index is 14.7. The minimum absolute atomic E-state index is 0.00363. The fraction of sp³-hybridized carbons (Fsp3) is 0.625. The Kier molecular flexibility index (Phi) is 3.91. The summed E-state index contributed by atoms with van der Waals surface area (Å²) in [4.78, 5) is 14.8. The predicted octanol–water partition coefficient (Wildman–Crippen LogP) is 2.14. The second-order valence-corrected chi connectivity index (χ2v) is 6.43. The first-order valence-electron chi connectivity index (χ1n) is 8.42. The molecule has 2 atom stereocenters. The lowest BCUT2D eigenvalue weighted by atomic mass is 10.2. The predicted molar refractivity (Wildman–Crippen MR) is 85.2 cm³/mol. The smallest absolute Gasteiger partial charge is 0.187 e. The van der Waals surface area contributed by atoms with Gasteiger partial charge in [-0.25, -0.2) is 19.3 Å². The minimum Gasteiger partial charge on any atom is -0.380 e. The highest BCUT2D eigenvalue weighted by Gasteiger charge is 2.39. The summed E-state index contributed by atoms with van der Waals surface area (Å²) in [5.41, 5.74) is 0.427. The average Bonchev–Trinajstić information content (AvgIpc) is 3.18. The number of hydrogen-bond donors (Lipinski definition) is 1. The molecule has 24 heavy (non-hydrogen) atoms. The maximum Gasteiger partial charge on any atom is 0.187 e. The molecule has 1 saturated carbocycles. The van der Waals surface area contributed by atoms with Gasteiger partial charge in [-0.3, -0.25) is 5.10 Å². The molecule has 4 rings (SSSR count). The third kappa shape index (κ3) is 2.64. The number of aromatic nitrogens is 5. The molecule has 1 aliphatic carbocycles. The molecule has 0 radical (unpaired) electrons. The first-order valence-corrected chi connectivity index (χ1v) is 8.42. The second kappa shape index (κ2) is 6.08. The van der Waals surface area contributed by atoms with Crippen molar-refractivity contribution in [2.75, 3.05) is 18.6 Å². The molecular weight excluding hydrogens is 311 g/mol. The van der Waals surface area contributed by atoms with Crippen molar-refractivity contribution in [1.29, 1.82) is 0 Å². The van der Waals surface area contributed by atoms with E-state index in [0.717, 1.165) is 30.9 Å². The van der Waals surface area contributed by atoms with Crippen LogP contribution in [0.4, 0.5) is 10.2 Å². The molecule has 2 fully saturated rings. The monoisotopic (exact) mass is 332 g/mol. The number of rotatable bonds is 5. The first-order chi connectivity index (χ1) is 11.7. The zero-order chi connectivity index (χ0) is 16.7. The number of aryl methyl sites for hydroxylation is 1. The Balaban J connectivity index is 1.68. The SMILES string of the molecule is CCc1ncnc(N2C[C@H](OC)C[C@H]2c2nc(C3CC3)n[nH]2)c1F. The highest BCUT2D eigenvalue weighted by Crippen LogP contribution is 2.40. The molecule has 0 bridgehead atoms. The highest BCUT2D eigenvalue weighted by atomic mass is 19.1. The van der Waals surface area contributed by atoms with E-state index in [0.29, 0.717) is 30.4 Å². The van der Waals surface area contributed by atoms with Gasteiger partial charge in [0.2, 0.25) is 0 Å². The number of H-pyrrole nitrogens is 1. The van der Waals surface area contributed by atoms with Crippen molar-refractivity contribution in [3.63, 3.8) is 0 Å². The summed E-state index contributed by atoms with van der Waals surface area (Å²) in [6.45, 7) is 2.45. The van der Waals surface area contributed by atoms with Gasteiger partial charge in [0.05, 0.1) is 17.8 Å². The number of nitrogens with one attached hydrogen (secondary N) is 1. The Morgan fingerprint density at radius 3 is 2.92 bits per heavy atom. The molecule has 0 amide bonds. The molecule has 0 aromatic carbocycles. The number of hydrogen-bond acceptors (Lipinski definition) is 6. The first kappa shape index (κ1) is 15.4. The standard InChI is InChI=1S/C16H21FN6O/c1-3-11-13(17)16(19-8-18-11)23-7-10(24-2)6-12(23)15-20-14(21-22-15)9-4-5-9/h8-10,12H,3-7H2,1-2H3,(H,20,21,22)/t10-,12+/m1/s1. The van der Waals surface area contributed by atoms with Gasteiger partial charge in [0.25, 0.3) is 0 Å².